The Balaban J connectivity index is 1.33. The lowest BCUT2D eigenvalue weighted by Gasteiger charge is -2.36. The number of benzene rings is 1. The first-order valence-electron chi connectivity index (χ1n) is 13.4. The van der Waals surface area contributed by atoms with Gasteiger partial charge < -0.3 is 9.64 Å². The molecule has 1 saturated heterocycles. The van der Waals surface area contributed by atoms with Crippen molar-refractivity contribution in [2.24, 2.45) is 0 Å². The zero-order chi connectivity index (χ0) is 27.1. The maximum Gasteiger partial charge on any atom is 0.273 e. The number of hydrogen-bond acceptors (Lipinski definition) is 7. The molecular weight excluding hydrogens is 507 g/mol. The summed E-state index contributed by atoms with van der Waals surface area (Å²) in [6.07, 6.45) is 5.37. The molecule has 11 heteroatoms. The minimum atomic E-state index is -3.03. The first-order chi connectivity index (χ1) is 18.7. The fourth-order valence-electron chi connectivity index (χ4n) is 5.59. The van der Waals surface area contributed by atoms with Crippen LogP contribution in [0.4, 0.5) is 19.1 Å². The smallest absolute Gasteiger partial charge is 0.273 e. The molecule has 4 heterocycles. The van der Waals surface area contributed by atoms with Crippen molar-refractivity contribution < 1.29 is 17.9 Å². The molecule has 0 spiro atoms. The van der Waals surface area contributed by atoms with Crippen LogP contribution in [0.5, 0.6) is 0 Å². The standard InChI is InChI=1S/C28H28F3N7O/c1-14-11-37(13-22(39-14)17-10-32-38(12-17)18-4-5-18)27-35-24(25-26(36-27)34-16(3)15(2)33-25)20-6-7-21-19(23(20)29)8-9-28(21,30)31/h6-7,10,12,14,18,22H,4-5,8-9,11,13H2,1-3H3. The third-order valence-electron chi connectivity index (χ3n) is 7.97. The van der Waals surface area contributed by atoms with Gasteiger partial charge in [-0.3, -0.25) is 4.68 Å². The van der Waals surface area contributed by atoms with E-state index in [1.807, 2.05) is 42.7 Å². The fourth-order valence-corrected chi connectivity index (χ4v) is 5.59. The number of rotatable bonds is 4. The lowest BCUT2D eigenvalue weighted by atomic mass is 10.0. The number of alkyl halides is 2. The Bertz CT molecular complexity index is 1620. The predicted octanol–water partition coefficient (Wildman–Crippen LogP) is 5.38. The monoisotopic (exact) mass is 535 g/mol. The van der Waals surface area contributed by atoms with E-state index in [0.29, 0.717) is 47.6 Å². The Hall–Kier alpha value is -3.60. The molecule has 8 nitrogen and oxygen atoms in total. The summed E-state index contributed by atoms with van der Waals surface area (Å²) in [4.78, 5) is 20.8. The van der Waals surface area contributed by atoms with E-state index in [1.54, 1.807) is 0 Å². The van der Waals surface area contributed by atoms with Crippen LogP contribution in [-0.4, -0.2) is 48.9 Å². The van der Waals surface area contributed by atoms with Crippen LogP contribution in [0, 0.1) is 19.7 Å². The van der Waals surface area contributed by atoms with Gasteiger partial charge in [-0.1, -0.05) is 6.07 Å². The minimum Gasteiger partial charge on any atom is -0.367 e. The van der Waals surface area contributed by atoms with Gasteiger partial charge in [0.05, 0.1) is 36.3 Å². The molecule has 39 heavy (non-hydrogen) atoms. The molecule has 4 aromatic rings. The van der Waals surface area contributed by atoms with Crippen LogP contribution in [0.15, 0.2) is 24.5 Å². The number of hydrogen-bond donors (Lipinski definition) is 0. The summed E-state index contributed by atoms with van der Waals surface area (Å²) in [6, 6.07) is 3.16. The summed E-state index contributed by atoms with van der Waals surface area (Å²) >= 11 is 0. The van der Waals surface area contributed by atoms with E-state index in [-0.39, 0.29) is 41.0 Å². The molecule has 0 radical (unpaired) electrons. The average Bonchev–Trinajstić information content (AvgIpc) is 3.54. The van der Waals surface area contributed by atoms with Gasteiger partial charge in [0.25, 0.3) is 5.92 Å². The van der Waals surface area contributed by atoms with Crippen molar-refractivity contribution in [3.05, 3.63) is 58.4 Å². The van der Waals surface area contributed by atoms with Gasteiger partial charge in [0.1, 0.15) is 23.1 Å². The summed E-state index contributed by atoms with van der Waals surface area (Å²) in [5, 5.41) is 4.51. The molecule has 202 valence electrons. The molecule has 3 aromatic heterocycles. The van der Waals surface area contributed by atoms with Crippen LogP contribution in [0.1, 0.15) is 66.4 Å². The minimum absolute atomic E-state index is 0.0289. The highest BCUT2D eigenvalue weighted by molar-refractivity contribution is 5.88. The molecule has 0 bridgehead atoms. The second kappa shape index (κ2) is 8.70. The fraction of sp³-hybridized carbons (Fsp3) is 0.464. The van der Waals surface area contributed by atoms with Gasteiger partial charge in [0.15, 0.2) is 5.65 Å². The predicted molar refractivity (Wildman–Crippen MR) is 138 cm³/mol. The summed E-state index contributed by atoms with van der Waals surface area (Å²) in [7, 11) is 0. The molecule has 3 aliphatic rings. The number of aryl methyl sites for hydroxylation is 2. The van der Waals surface area contributed by atoms with E-state index >= 15 is 4.39 Å². The van der Waals surface area contributed by atoms with E-state index in [9.17, 15) is 8.78 Å². The molecule has 1 aliphatic heterocycles. The van der Waals surface area contributed by atoms with Crippen molar-refractivity contribution >= 4 is 17.1 Å². The molecule has 0 amide bonds. The Morgan fingerprint density at radius 2 is 1.82 bits per heavy atom. The number of nitrogens with zero attached hydrogens (tertiary/aromatic N) is 7. The van der Waals surface area contributed by atoms with Crippen LogP contribution >= 0.6 is 0 Å². The third kappa shape index (κ3) is 4.14. The molecule has 1 saturated carbocycles. The highest BCUT2D eigenvalue weighted by atomic mass is 19.3. The number of halogens is 3. The molecule has 0 N–H and O–H groups in total. The quantitative estimate of drug-likeness (QED) is 0.347. The zero-order valence-electron chi connectivity index (χ0n) is 22.0. The van der Waals surface area contributed by atoms with E-state index in [0.717, 1.165) is 18.4 Å². The van der Waals surface area contributed by atoms with Crippen molar-refractivity contribution in [2.75, 3.05) is 18.0 Å². The first-order valence-corrected chi connectivity index (χ1v) is 13.4. The van der Waals surface area contributed by atoms with Gasteiger partial charge in [0, 0.05) is 35.9 Å². The Kier molecular flexibility index (Phi) is 5.45. The number of aromatic nitrogens is 6. The first kappa shape index (κ1) is 24.4. The molecular formula is C28H28F3N7O. The van der Waals surface area contributed by atoms with E-state index < -0.39 is 18.2 Å². The van der Waals surface area contributed by atoms with E-state index in [2.05, 4.69) is 15.1 Å². The van der Waals surface area contributed by atoms with Crippen molar-refractivity contribution in [3.8, 4) is 11.3 Å². The second-order valence-corrected chi connectivity index (χ2v) is 10.9. The van der Waals surface area contributed by atoms with Gasteiger partial charge in [-0.2, -0.15) is 10.1 Å². The molecule has 2 atom stereocenters. The number of ether oxygens (including phenoxy) is 1. The SMILES string of the molecule is Cc1nc2nc(N3CC(C)OC(c4cnn(C5CC5)c4)C3)nc(-c3ccc4c(c3F)CCC4(F)F)c2nc1C. The van der Waals surface area contributed by atoms with Crippen LogP contribution in [0.25, 0.3) is 22.4 Å². The van der Waals surface area contributed by atoms with E-state index in [1.165, 1.54) is 12.1 Å². The lowest BCUT2D eigenvalue weighted by molar-refractivity contribution is -0.0178. The second-order valence-electron chi connectivity index (χ2n) is 10.9. The van der Waals surface area contributed by atoms with Crippen LogP contribution in [0.3, 0.4) is 0 Å². The van der Waals surface area contributed by atoms with Crippen molar-refractivity contribution in [3.63, 3.8) is 0 Å². The number of morpholine rings is 1. The van der Waals surface area contributed by atoms with Crippen molar-refractivity contribution in [2.45, 2.75) is 70.6 Å². The summed E-state index contributed by atoms with van der Waals surface area (Å²) in [5.74, 6) is -3.35. The van der Waals surface area contributed by atoms with Gasteiger partial charge >= 0.3 is 0 Å². The molecule has 1 aromatic carbocycles. The highest BCUT2D eigenvalue weighted by Crippen LogP contribution is 2.45. The maximum atomic E-state index is 15.8. The molecule has 2 unspecified atom stereocenters. The zero-order valence-corrected chi connectivity index (χ0v) is 22.0. The Morgan fingerprint density at radius 3 is 2.62 bits per heavy atom. The maximum absolute atomic E-state index is 15.8. The normalized spacial score (nSPS) is 22.5. The summed E-state index contributed by atoms with van der Waals surface area (Å²) in [6.45, 7) is 6.64. The number of anilines is 1. The third-order valence-corrected chi connectivity index (χ3v) is 7.97. The van der Waals surface area contributed by atoms with Crippen LogP contribution < -0.4 is 4.90 Å². The van der Waals surface area contributed by atoms with Crippen LogP contribution in [0.2, 0.25) is 0 Å². The highest BCUT2D eigenvalue weighted by Gasteiger charge is 2.41. The van der Waals surface area contributed by atoms with Gasteiger partial charge in [-0.25, -0.2) is 28.1 Å². The Morgan fingerprint density at radius 1 is 1.03 bits per heavy atom. The summed E-state index contributed by atoms with van der Waals surface area (Å²) < 4.78 is 52.7. The molecule has 2 fully saturated rings. The number of fused-ring (bicyclic) bond motifs is 2. The largest absolute Gasteiger partial charge is 0.367 e. The van der Waals surface area contributed by atoms with Gasteiger partial charge in [-0.05, 0) is 51.7 Å². The van der Waals surface area contributed by atoms with Crippen molar-refractivity contribution in [1.82, 2.24) is 29.7 Å². The van der Waals surface area contributed by atoms with E-state index in [4.69, 9.17) is 14.7 Å². The molecule has 7 rings (SSSR count). The van der Waals surface area contributed by atoms with Crippen molar-refractivity contribution in [1.29, 1.82) is 0 Å². The Labute approximate surface area is 223 Å². The average molecular weight is 536 g/mol. The van der Waals surface area contributed by atoms with Gasteiger partial charge in [0.2, 0.25) is 5.95 Å². The summed E-state index contributed by atoms with van der Waals surface area (Å²) in [5.41, 5.74) is 3.19. The van der Waals surface area contributed by atoms with Gasteiger partial charge in [-0.15, -0.1) is 0 Å². The lowest BCUT2D eigenvalue weighted by Crippen LogP contribution is -2.43. The molecule has 2 aliphatic carbocycles. The van der Waals surface area contributed by atoms with Crippen LogP contribution in [-0.2, 0) is 17.1 Å². The topological polar surface area (TPSA) is 81.9 Å².